The minimum atomic E-state index is -0.0907. The molecule has 138 valence electrons. The van der Waals surface area contributed by atoms with Crippen molar-refractivity contribution in [3.05, 3.63) is 42.2 Å². The molecule has 1 fully saturated rings. The summed E-state index contributed by atoms with van der Waals surface area (Å²) >= 11 is 0. The zero-order valence-electron chi connectivity index (χ0n) is 15.5. The second-order valence-corrected chi connectivity index (χ2v) is 6.59. The highest BCUT2D eigenvalue weighted by Crippen LogP contribution is 2.20. The molecule has 0 spiro atoms. The molecule has 1 amide bonds. The van der Waals surface area contributed by atoms with Gasteiger partial charge in [0.15, 0.2) is 0 Å². The van der Waals surface area contributed by atoms with Crippen LogP contribution in [0, 0.1) is 0 Å². The predicted molar refractivity (Wildman–Crippen MR) is 105 cm³/mol. The Labute approximate surface area is 155 Å². The Hall–Kier alpha value is -2.63. The van der Waals surface area contributed by atoms with Crippen LogP contribution in [0.15, 0.2) is 36.7 Å². The Balaban J connectivity index is 1.59. The van der Waals surface area contributed by atoms with E-state index in [1.54, 1.807) is 12.4 Å². The SMILES string of the molecule is CCN(CC)c1ccc(Nc2ncc(C(=O)NC3CCCC3)cn2)cc1. The van der Waals surface area contributed by atoms with Crippen molar-refractivity contribution in [3.8, 4) is 0 Å². The molecule has 3 rings (SSSR count). The van der Waals surface area contributed by atoms with Gasteiger partial charge < -0.3 is 15.5 Å². The first-order chi connectivity index (χ1) is 12.7. The van der Waals surface area contributed by atoms with Gasteiger partial charge in [-0.05, 0) is 51.0 Å². The van der Waals surface area contributed by atoms with Crippen LogP contribution in [0.4, 0.5) is 17.3 Å². The summed E-state index contributed by atoms with van der Waals surface area (Å²) in [5, 5.41) is 6.22. The standard InChI is InChI=1S/C20H27N5O/c1-3-25(4-2)18-11-9-17(10-12-18)24-20-21-13-15(14-22-20)19(26)23-16-7-5-6-8-16/h9-14,16H,3-8H2,1-2H3,(H,23,26)(H,21,22,24). The van der Waals surface area contributed by atoms with E-state index in [0.717, 1.165) is 31.6 Å². The maximum Gasteiger partial charge on any atom is 0.254 e. The lowest BCUT2D eigenvalue weighted by molar-refractivity contribution is 0.0937. The molecule has 1 aromatic carbocycles. The Morgan fingerprint density at radius 2 is 1.69 bits per heavy atom. The van der Waals surface area contributed by atoms with Crippen molar-refractivity contribution < 1.29 is 4.79 Å². The summed E-state index contributed by atoms with van der Waals surface area (Å²) in [5.41, 5.74) is 2.61. The minimum absolute atomic E-state index is 0.0907. The zero-order chi connectivity index (χ0) is 18.4. The number of anilines is 3. The second kappa shape index (κ2) is 8.65. The number of benzene rings is 1. The van der Waals surface area contributed by atoms with E-state index in [0.29, 0.717) is 17.6 Å². The minimum Gasteiger partial charge on any atom is -0.372 e. The molecule has 0 radical (unpaired) electrons. The number of hydrogen-bond donors (Lipinski definition) is 2. The fraction of sp³-hybridized carbons (Fsp3) is 0.450. The van der Waals surface area contributed by atoms with Gasteiger partial charge in [-0.1, -0.05) is 12.8 Å². The lowest BCUT2D eigenvalue weighted by atomic mass is 10.2. The van der Waals surface area contributed by atoms with E-state index in [9.17, 15) is 4.79 Å². The Bertz CT molecular complexity index is 704. The van der Waals surface area contributed by atoms with E-state index in [1.807, 2.05) is 12.1 Å². The Morgan fingerprint density at radius 1 is 1.08 bits per heavy atom. The average molecular weight is 353 g/mol. The topological polar surface area (TPSA) is 70.2 Å². The molecule has 2 aromatic rings. The van der Waals surface area contributed by atoms with Crippen LogP contribution < -0.4 is 15.5 Å². The smallest absolute Gasteiger partial charge is 0.254 e. The van der Waals surface area contributed by atoms with E-state index in [-0.39, 0.29) is 5.91 Å². The van der Waals surface area contributed by atoms with Crippen molar-refractivity contribution in [2.75, 3.05) is 23.3 Å². The Morgan fingerprint density at radius 3 is 2.27 bits per heavy atom. The molecular formula is C20H27N5O. The van der Waals surface area contributed by atoms with Gasteiger partial charge in [0.1, 0.15) is 0 Å². The molecule has 1 aliphatic carbocycles. The molecule has 2 N–H and O–H groups in total. The molecule has 0 unspecified atom stereocenters. The number of hydrogen-bond acceptors (Lipinski definition) is 5. The molecule has 0 aliphatic heterocycles. The first-order valence-electron chi connectivity index (χ1n) is 9.44. The van der Waals surface area contributed by atoms with Crippen LogP contribution in [0.25, 0.3) is 0 Å². The van der Waals surface area contributed by atoms with Gasteiger partial charge in [0, 0.05) is 42.9 Å². The monoisotopic (exact) mass is 353 g/mol. The lowest BCUT2D eigenvalue weighted by Crippen LogP contribution is -2.32. The second-order valence-electron chi connectivity index (χ2n) is 6.59. The number of aromatic nitrogens is 2. The third-order valence-corrected chi connectivity index (χ3v) is 4.86. The molecule has 6 nitrogen and oxygen atoms in total. The van der Waals surface area contributed by atoms with Crippen LogP contribution in [-0.2, 0) is 0 Å². The highest BCUT2D eigenvalue weighted by Gasteiger charge is 2.18. The fourth-order valence-corrected chi connectivity index (χ4v) is 3.32. The third-order valence-electron chi connectivity index (χ3n) is 4.86. The summed E-state index contributed by atoms with van der Waals surface area (Å²) in [5.74, 6) is 0.394. The number of carbonyl (C=O) groups is 1. The van der Waals surface area contributed by atoms with Gasteiger partial charge in [-0.3, -0.25) is 4.79 Å². The van der Waals surface area contributed by atoms with Crippen LogP contribution in [0.5, 0.6) is 0 Å². The molecule has 0 saturated heterocycles. The molecule has 1 aromatic heterocycles. The number of rotatable bonds is 7. The van der Waals surface area contributed by atoms with E-state index in [4.69, 9.17) is 0 Å². The van der Waals surface area contributed by atoms with Gasteiger partial charge in [0.05, 0.1) is 5.56 Å². The Kier molecular flexibility index (Phi) is 6.04. The van der Waals surface area contributed by atoms with Gasteiger partial charge in [-0.2, -0.15) is 0 Å². The molecule has 1 saturated carbocycles. The van der Waals surface area contributed by atoms with Crippen LogP contribution in [0.2, 0.25) is 0 Å². The van der Waals surface area contributed by atoms with Crippen LogP contribution in [0.3, 0.4) is 0 Å². The van der Waals surface area contributed by atoms with Crippen LogP contribution in [-0.4, -0.2) is 35.0 Å². The number of amides is 1. The summed E-state index contributed by atoms with van der Waals surface area (Å²) in [6.07, 6.45) is 7.66. The van der Waals surface area contributed by atoms with Gasteiger partial charge in [-0.15, -0.1) is 0 Å². The quantitative estimate of drug-likeness (QED) is 0.793. The highest BCUT2D eigenvalue weighted by molar-refractivity contribution is 5.93. The lowest BCUT2D eigenvalue weighted by Gasteiger charge is -2.21. The van der Waals surface area contributed by atoms with Crippen molar-refractivity contribution in [1.29, 1.82) is 0 Å². The average Bonchev–Trinajstić information content (AvgIpc) is 3.18. The molecule has 1 aliphatic rings. The maximum absolute atomic E-state index is 12.2. The van der Waals surface area contributed by atoms with Crippen LogP contribution >= 0.6 is 0 Å². The zero-order valence-corrected chi connectivity index (χ0v) is 15.5. The van der Waals surface area contributed by atoms with Gasteiger partial charge in [0.25, 0.3) is 5.91 Å². The van der Waals surface area contributed by atoms with E-state index >= 15 is 0 Å². The maximum atomic E-state index is 12.2. The van der Waals surface area contributed by atoms with Gasteiger partial charge >= 0.3 is 0 Å². The van der Waals surface area contributed by atoms with E-state index in [2.05, 4.69) is 51.5 Å². The third kappa shape index (κ3) is 4.50. The molecule has 1 heterocycles. The first-order valence-corrected chi connectivity index (χ1v) is 9.44. The van der Waals surface area contributed by atoms with Crippen molar-refractivity contribution in [3.63, 3.8) is 0 Å². The van der Waals surface area contributed by atoms with Crippen molar-refractivity contribution in [2.24, 2.45) is 0 Å². The van der Waals surface area contributed by atoms with E-state index < -0.39 is 0 Å². The summed E-state index contributed by atoms with van der Waals surface area (Å²) in [4.78, 5) is 23.0. The molecular weight excluding hydrogens is 326 g/mol. The summed E-state index contributed by atoms with van der Waals surface area (Å²) in [7, 11) is 0. The molecule has 0 atom stereocenters. The van der Waals surface area contributed by atoms with Crippen LogP contribution in [0.1, 0.15) is 49.9 Å². The molecule has 26 heavy (non-hydrogen) atoms. The largest absolute Gasteiger partial charge is 0.372 e. The normalized spacial score (nSPS) is 14.2. The number of nitrogens with one attached hydrogen (secondary N) is 2. The molecule has 6 heteroatoms. The summed E-state index contributed by atoms with van der Waals surface area (Å²) < 4.78 is 0. The van der Waals surface area contributed by atoms with Gasteiger partial charge in [0.2, 0.25) is 5.95 Å². The number of carbonyl (C=O) groups excluding carboxylic acids is 1. The summed E-state index contributed by atoms with van der Waals surface area (Å²) in [6.45, 7) is 6.26. The molecule has 0 bridgehead atoms. The predicted octanol–water partition coefficient (Wildman–Crippen LogP) is 3.74. The van der Waals surface area contributed by atoms with Crippen molar-refractivity contribution in [1.82, 2.24) is 15.3 Å². The summed E-state index contributed by atoms with van der Waals surface area (Å²) in [6, 6.07) is 8.48. The van der Waals surface area contributed by atoms with Crippen molar-refractivity contribution >= 4 is 23.2 Å². The highest BCUT2D eigenvalue weighted by atomic mass is 16.1. The number of nitrogens with zero attached hydrogens (tertiary/aromatic N) is 3. The van der Waals surface area contributed by atoms with Crippen molar-refractivity contribution in [2.45, 2.75) is 45.6 Å². The van der Waals surface area contributed by atoms with E-state index in [1.165, 1.54) is 18.5 Å². The first kappa shape index (κ1) is 18.2. The fourth-order valence-electron chi connectivity index (χ4n) is 3.32. The van der Waals surface area contributed by atoms with Gasteiger partial charge in [-0.25, -0.2) is 9.97 Å².